The molecule has 0 saturated heterocycles. The van der Waals surface area contributed by atoms with Crippen molar-refractivity contribution in [1.82, 2.24) is 25.8 Å². The van der Waals surface area contributed by atoms with E-state index in [9.17, 15) is 5.11 Å². The van der Waals surface area contributed by atoms with Gasteiger partial charge in [0.15, 0.2) is 11.7 Å². The lowest BCUT2D eigenvalue weighted by molar-refractivity contribution is 0.0306. The minimum atomic E-state index is -0.727. The molecule has 2 heterocycles. The predicted molar refractivity (Wildman–Crippen MR) is 107 cm³/mol. The molecule has 2 rings (SSSR count). The molecule has 0 fully saturated rings. The fourth-order valence-electron chi connectivity index (χ4n) is 3.00. The van der Waals surface area contributed by atoms with Gasteiger partial charge in [-0.15, -0.1) is 0 Å². The molecule has 0 aliphatic heterocycles. The van der Waals surface area contributed by atoms with E-state index >= 15 is 0 Å². The van der Waals surface area contributed by atoms with E-state index in [1.807, 2.05) is 19.1 Å². The highest BCUT2D eigenvalue weighted by Gasteiger charge is 2.24. The van der Waals surface area contributed by atoms with E-state index in [2.05, 4.69) is 44.7 Å². The molecule has 2 aromatic heterocycles. The second-order valence-corrected chi connectivity index (χ2v) is 6.68. The van der Waals surface area contributed by atoms with Gasteiger partial charge in [0.05, 0.1) is 18.4 Å². The van der Waals surface area contributed by atoms with Gasteiger partial charge in [-0.1, -0.05) is 26.7 Å². The number of aliphatic imine (C=N–C) groups is 1. The summed E-state index contributed by atoms with van der Waals surface area (Å²) in [5.74, 6) is 2.68. The summed E-state index contributed by atoms with van der Waals surface area (Å²) in [7, 11) is 0. The number of H-pyrrole nitrogens is 1. The van der Waals surface area contributed by atoms with Crippen molar-refractivity contribution in [2.24, 2.45) is 4.99 Å². The second-order valence-electron chi connectivity index (χ2n) is 6.68. The van der Waals surface area contributed by atoms with Crippen molar-refractivity contribution in [1.29, 1.82) is 0 Å². The van der Waals surface area contributed by atoms with Gasteiger partial charge >= 0.3 is 0 Å². The first-order valence-electron chi connectivity index (χ1n) is 9.80. The van der Waals surface area contributed by atoms with Crippen LogP contribution in [0.25, 0.3) is 11.6 Å². The zero-order valence-corrected chi connectivity index (χ0v) is 16.6. The Labute approximate surface area is 160 Å². The van der Waals surface area contributed by atoms with Gasteiger partial charge in [-0.25, -0.2) is 4.98 Å². The molecule has 0 amide bonds. The van der Waals surface area contributed by atoms with Gasteiger partial charge in [-0.05, 0) is 31.9 Å². The number of aromatic nitrogens is 3. The standard InChI is InChI=1S/C19H32N6O2/c1-4-10-19(26,11-5-2)14-22-18(20-6-3)21-12-9-16-23-17(25-24-16)15-8-7-13-27-15/h7-8,13,26H,4-6,9-12,14H2,1-3H3,(H2,20,21,22)(H,23,24,25). The number of guanidine groups is 1. The maximum atomic E-state index is 10.7. The number of hydrogen-bond acceptors (Lipinski definition) is 5. The lowest BCUT2D eigenvalue weighted by Gasteiger charge is -2.26. The lowest BCUT2D eigenvalue weighted by Crippen LogP contribution is -2.41. The van der Waals surface area contributed by atoms with Crippen LogP contribution in [0.2, 0.25) is 0 Å². The van der Waals surface area contributed by atoms with Crippen LogP contribution in [-0.4, -0.2) is 51.5 Å². The Morgan fingerprint density at radius 2 is 2.04 bits per heavy atom. The number of aromatic amines is 1. The molecule has 8 heteroatoms. The predicted octanol–water partition coefficient (Wildman–Crippen LogP) is 2.49. The van der Waals surface area contributed by atoms with Crippen molar-refractivity contribution in [3.63, 3.8) is 0 Å². The molecule has 0 spiro atoms. The van der Waals surface area contributed by atoms with Crippen molar-refractivity contribution in [3.8, 4) is 11.6 Å². The van der Waals surface area contributed by atoms with Gasteiger partial charge in [-0.3, -0.25) is 10.1 Å². The molecule has 0 aromatic carbocycles. The molecular formula is C19H32N6O2. The molecule has 27 heavy (non-hydrogen) atoms. The summed E-state index contributed by atoms with van der Waals surface area (Å²) < 4.78 is 5.30. The fraction of sp³-hybridized carbons (Fsp3) is 0.632. The molecule has 0 atom stereocenters. The number of rotatable bonds is 11. The average Bonchev–Trinajstić information content (AvgIpc) is 3.32. The van der Waals surface area contributed by atoms with Crippen molar-refractivity contribution in [2.75, 3.05) is 19.6 Å². The van der Waals surface area contributed by atoms with E-state index in [0.717, 1.165) is 38.1 Å². The van der Waals surface area contributed by atoms with Crippen LogP contribution in [-0.2, 0) is 6.42 Å². The Bertz CT molecular complexity index is 674. The van der Waals surface area contributed by atoms with Gasteiger partial charge in [0.1, 0.15) is 5.82 Å². The first kappa shape index (κ1) is 21.0. The molecule has 2 aromatic rings. The summed E-state index contributed by atoms with van der Waals surface area (Å²) >= 11 is 0. The SMILES string of the molecule is CCCC(O)(CCC)CN=C(NCC)NCCc1nc(-c2ccco2)n[nH]1. The van der Waals surface area contributed by atoms with Gasteiger partial charge in [-0.2, -0.15) is 5.10 Å². The summed E-state index contributed by atoms with van der Waals surface area (Å²) in [6, 6.07) is 3.64. The highest BCUT2D eigenvalue weighted by atomic mass is 16.3. The summed E-state index contributed by atoms with van der Waals surface area (Å²) in [6.45, 7) is 8.00. The van der Waals surface area contributed by atoms with E-state index in [-0.39, 0.29) is 0 Å². The minimum Gasteiger partial charge on any atom is -0.461 e. The molecule has 4 N–H and O–H groups in total. The average molecular weight is 377 g/mol. The lowest BCUT2D eigenvalue weighted by atomic mass is 9.93. The molecule has 0 aliphatic rings. The van der Waals surface area contributed by atoms with Crippen LogP contribution in [0.4, 0.5) is 0 Å². The maximum absolute atomic E-state index is 10.7. The number of nitrogens with one attached hydrogen (secondary N) is 3. The minimum absolute atomic E-state index is 0.398. The van der Waals surface area contributed by atoms with Gasteiger partial charge in [0, 0.05) is 19.5 Å². The normalized spacial score (nSPS) is 12.4. The number of furan rings is 1. The third-order valence-corrected chi connectivity index (χ3v) is 4.23. The topological polar surface area (TPSA) is 111 Å². The van der Waals surface area contributed by atoms with Crippen LogP contribution >= 0.6 is 0 Å². The van der Waals surface area contributed by atoms with E-state index in [4.69, 9.17) is 4.42 Å². The summed E-state index contributed by atoms with van der Waals surface area (Å²) in [6.07, 6.45) is 5.68. The zero-order valence-electron chi connectivity index (χ0n) is 16.6. The molecule has 150 valence electrons. The second kappa shape index (κ2) is 10.7. The first-order valence-corrected chi connectivity index (χ1v) is 9.80. The third-order valence-electron chi connectivity index (χ3n) is 4.23. The Kier molecular flexibility index (Phi) is 8.32. The molecule has 0 saturated carbocycles. The van der Waals surface area contributed by atoms with E-state index < -0.39 is 5.60 Å². The van der Waals surface area contributed by atoms with Gasteiger partial charge in [0.25, 0.3) is 0 Å². The van der Waals surface area contributed by atoms with Crippen molar-refractivity contribution in [2.45, 2.75) is 58.5 Å². The quantitative estimate of drug-likeness (QED) is 0.354. The van der Waals surface area contributed by atoms with Crippen molar-refractivity contribution < 1.29 is 9.52 Å². The smallest absolute Gasteiger partial charge is 0.216 e. The van der Waals surface area contributed by atoms with E-state index in [1.165, 1.54) is 0 Å². The van der Waals surface area contributed by atoms with Crippen LogP contribution in [0.15, 0.2) is 27.8 Å². The molecular weight excluding hydrogens is 344 g/mol. The number of nitrogens with zero attached hydrogens (tertiary/aromatic N) is 3. The van der Waals surface area contributed by atoms with E-state index in [0.29, 0.717) is 37.1 Å². The van der Waals surface area contributed by atoms with Crippen LogP contribution in [0.5, 0.6) is 0 Å². The van der Waals surface area contributed by atoms with Crippen LogP contribution in [0.1, 0.15) is 52.3 Å². The molecule has 0 bridgehead atoms. The molecule has 0 unspecified atom stereocenters. The van der Waals surface area contributed by atoms with Crippen LogP contribution in [0.3, 0.4) is 0 Å². The van der Waals surface area contributed by atoms with E-state index in [1.54, 1.807) is 6.26 Å². The monoisotopic (exact) mass is 376 g/mol. The highest BCUT2D eigenvalue weighted by molar-refractivity contribution is 5.79. The summed E-state index contributed by atoms with van der Waals surface area (Å²) in [5.41, 5.74) is -0.727. The summed E-state index contributed by atoms with van der Waals surface area (Å²) in [4.78, 5) is 9.01. The van der Waals surface area contributed by atoms with Gasteiger partial charge in [0.2, 0.25) is 5.82 Å². The Morgan fingerprint density at radius 1 is 1.26 bits per heavy atom. The first-order chi connectivity index (χ1) is 13.1. The Balaban J connectivity index is 1.88. The largest absolute Gasteiger partial charge is 0.461 e. The summed E-state index contributed by atoms with van der Waals surface area (Å²) in [5, 5.41) is 24.3. The molecule has 8 nitrogen and oxygen atoms in total. The maximum Gasteiger partial charge on any atom is 0.216 e. The third kappa shape index (κ3) is 6.71. The van der Waals surface area contributed by atoms with Gasteiger partial charge < -0.3 is 20.2 Å². The zero-order chi connectivity index (χ0) is 19.5. The van der Waals surface area contributed by atoms with Crippen LogP contribution in [0, 0.1) is 0 Å². The number of hydrogen-bond donors (Lipinski definition) is 4. The number of aliphatic hydroxyl groups is 1. The fourth-order valence-corrected chi connectivity index (χ4v) is 3.00. The highest BCUT2D eigenvalue weighted by Crippen LogP contribution is 2.19. The van der Waals surface area contributed by atoms with Crippen molar-refractivity contribution >= 4 is 5.96 Å². The molecule has 0 radical (unpaired) electrons. The Morgan fingerprint density at radius 3 is 2.67 bits per heavy atom. The van der Waals surface area contributed by atoms with Crippen LogP contribution < -0.4 is 10.6 Å². The van der Waals surface area contributed by atoms with Crippen molar-refractivity contribution in [3.05, 3.63) is 24.2 Å². The Hall–Kier alpha value is -2.35. The molecule has 0 aliphatic carbocycles.